The first-order valence-corrected chi connectivity index (χ1v) is 6.14. The lowest BCUT2D eigenvalue weighted by Gasteiger charge is -2.24. The van der Waals surface area contributed by atoms with Crippen LogP contribution in [0.5, 0.6) is 0 Å². The summed E-state index contributed by atoms with van der Waals surface area (Å²) in [6.45, 7) is 2.56. The van der Waals surface area contributed by atoms with E-state index in [1.54, 1.807) is 20.3 Å². The second-order valence-corrected chi connectivity index (χ2v) is 4.14. The third-order valence-corrected chi connectivity index (χ3v) is 2.72. The van der Waals surface area contributed by atoms with Gasteiger partial charge in [0.25, 0.3) is 0 Å². The molecule has 1 aromatic carbocycles. The highest BCUT2D eigenvalue weighted by molar-refractivity contribution is 5.52. The molecule has 0 aromatic heterocycles. The third kappa shape index (κ3) is 5.25. The van der Waals surface area contributed by atoms with E-state index < -0.39 is 5.82 Å². The minimum absolute atomic E-state index is 0.323. The topological polar surface area (TPSA) is 45.5 Å². The number of hydrogen-bond acceptors (Lipinski definition) is 4. The molecule has 0 fully saturated rings. The van der Waals surface area contributed by atoms with Crippen molar-refractivity contribution in [1.82, 2.24) is 0 Å². The number of hydrogen-bond donors (Lipinski definition) is 0. The van der Waals surface area contributed by atoms with Crippen LogP contribution in [0.3, 0.4) is 0 Å². The standard InChI is InChI=1S/C14H19FN2O2/c1-18-6-3-4-17(5-7-19-2)14-9-12(11-16)8-13(15)10-14/h8-10H,3-7H2,1-2H3. The molecule has 5 heteroatoms. The fraction of sp³-hybridized carbons (Fsp3) is 0.500. The minimum Gasteiger partial charge on any atom is -0.385 e. The Hall–Kier alpha value is -1.64. The largest absolute Gasteiger partial charge is 0.385 e. The third-order valence-electron chi connectivity index (χ3n) is 2.72. The average Bonchev–Trinajstić information content (AvgIpc) is 2.42. The predicted molar refractivity (Wildman–Crippen MR) is 71.7 cm³/mol. The zero-order chi connectivity index (χ0) is 14.1. The molecule has 0 aliphatic carbocycles. The summed E-state index contributed by atoms with van der Waals surface area (Å²) >= 11 is 0. The molecule has 1 rings (SSSR count). The van der Waals surface area contributed by atoms with Gasteiger partial charge in [0, 0.05) is 39.6 Å². The molecule has 0 atom stereocenters. The normalized spacial score (nSPS) is 10.2. The summed E-state index contributed by atoms with van der Waals surface area (Å²) in [5, 5.41) is 8.88. The number of methoxy groups -OCH3 is 2. The highest BCUT2D eigenvalue weighted by atomic mass is 19.1. The van der Waals surface area contributed by atoms with Crippen LogP contribution in [0.25, 0.3) is 0 Å². The molecule has 0 unspecified atom stereocenters. The lowest BCUT2D eigenvalue weighted by Crippen LogP contribution is -2.29. The predicted octanol–water partition coefficient (Wildman–Crippen LogP) is 2.19. The van der Waals surface area contributed by atoms with Crippen molar-refractivity contribution in [1.29, 1.82) is 5.26 Å². The molecule has 19 heavy (non-hydrogen) atoms. The SMILES string of the molecule is COCCCN(CCOC)c1cc(F)cc(C#N)c1. The molecule has 0 radical (unpaired) electrons. The van der Waals surface area contributed by atoms with Crippen molar-refractivity contribution in [3.8, 4) is 6.07 Å². The summed E-state index contributed by atoms with van der Waals surface area (Å²) in [6, 6.07) is 6.31. The lowest BCUT2D eigenvalue weighted by molar-refractivity contribution is 0.191. The van der Waals surface area contributed by atoms with Gasteiger partial charge < -0.3 is 14.4 Å². The van der Waals surface area contributed by atoms with Gasteiger partial charge in [-0.3, -0.25) is 0 Å². The molecule has 0 N–H and O–H groups in total. The lowest BCUT2D eigenvalue weighted by atomic mass is 10.2. The second kappa shape index (κ2) is 8.46. The molecule has 0 saturated heterocycles. The van der Waals surface area contributed by atoms with Gasteiger partial charge in [-0.1, -0.05) is 0 Å². The van der Waals surface area contributed by atoms with Crippen LogP contribution in [0.15, 0.2) is 18.2 Å². The smallest absolute Gasteiger partial charge is 0.126 e. The fourth-order valence-electron chi connectivity index (χ4n) is 1.79. The van der Waals surface area contributed by atoms with Gasteiger partial charge in [-0.2, -0.15) is 5.26 Å². The zero-order valence-electron chi connectivity index (χ0n) is 11.4. The van der Waals surface area contributed by atoms with Crippen LogP contribution in [0.2, 0.25) is 0 Å². The maximum atomic E-state index is 13.5. The van der Waals surface area contributed by atoms with Crippen LogP contribution in [-0.2, 0) is 9.47 Å². The van der Waals surface area contributed by atoms with E-state index in [9.17, 15) is 4.39 Å². The molecular formula is C14H19FN2O2. The number of halogens is 1. The molecular weight excluding hydrogens is 247 g/mol. The Morgan fingerprint density at radius 3 is 2.53 bits per heavy atom. The van der Waals surface area contributed by atoms with Gasteiger partial charge >= 0.3 is 0 Å². The van der Waals surface area contributed by atoms with Gasteiger partial charge in [-0.15, -0.1) is 0 Å². The van der Waals surface area contributed by atoms with Crippen molar-refractivity contribution in [2.75, 3.05) is 45.4 Å². The maximum absolute atomic E-state index is 13.5. The van der Waals surface area contributed by atoms with Crippen molar-refractivity contribution in [3.63, 3.8) is 0 Å². The van der Waals surface area contributed by atoms with Crippen LogP contribution in [0, 0.1) is 17.1 Å². The van der Waals surface area contributed by atoms with Crippen LogP contribution >= 0.6 is 0 Å². The monoisotopic (exact) mass is 266 g/mol. The zero-order valence-corrected chi connectivity index (χ0v) is 11.4. The van der Waals surface area contributed by atoms with E-state index in [-0.39, 0.29) is 0 Å². The van der Waals surface area contributed by atoms with Gasteiger partial charge in [0.05, 0.1) is 18.2 Å². The summed E-state index contributed by atoms with van der Waals surface area (Å²) in [5.41, 5.74) is 1.02. The van der Waals surface area contributed by atoms with Gasteiger partial charge in [0.15, 0.2) is 0 Å². The van der Waals surface area contributed by atoms with E-state index in [1.807, 2.05) is 11.0 Å². The number of benzene rings is 1. The van der Waals surface area contributed by atoms with Crippen molar-refractivity contribution in [3.05, 3.63) is 29.6 Å². The summed E-state index contributed by atoms with van der Waals surface area (Å²) in [4.78, 5) is 1.99. The first-order chi connectivity index (χ1) is 9.21. The Morgan fingerprint density at radius 2 is 1.89 bits per heavy atom. The van der Waals surface area contributed by atoms with Crippen molar-refractivity contribution >= 4 is 5.69 Å². The van der Waals surface area contributed by atoms with E-state index >= 15 is 0 Å². The molecule has 0 aliphatic rings. The van der Waals surface area contributed by atoms with Crippen LogP contribution in [-0.4, -0.2) is 40.5 Å². The van der Waals surface area contributed by atoms with E-state index in [1.165, 1.54) is 12.1 Å². The van der Waals surface area contributed by atoms with Gasteiger partial charge in [-0.05, 0) is 24.6 Å². The molecule has 0 bridgehead atoms. The number of ether oxygens (including phenoxy) is 2. The van der Waals surface area contributed by atoms with Crippen molar-refractivity contribution in [2.24, 2.45) is 0 Å². The molecule has 0 amide bonds. The first-order valence-electron chi connectivity index (χ1n) is 6.14. The highest BCUT2D eigenvalue weighted by Gasteiger charge is 2.09. The summed E-state index contributed by atoms with van der Waals surface area (Å²) in [7, 11) is 3.27. The molecule has 104 valence electrons. The molecule has 1 aromatic rings. The average molecular weight is 266 g/mol. The van der Waals surface area contributed by atoms with E-state index in [2.05, 4.69) is 0 Å². The van der Waals surface area contributed by atoms with Gasteiger partial charge in [0.1, 0.15) is 5.82 Å². The van der Waals surface area contributed by atoms with Crippen molar-refractivity contribution in [2.45, 2.75) is 6.42 Å². The number of nitriles is 1. The fourth-order valence-corrected chi connectivity index (χ4v) is 1.79. The number of anilines is 1. The Labute approximate surface area is 113 Å². The van der Waals surface area contributed by atoms with Gasteiger partial charge in [0.2, 0.25) is 0 Å². The quantitative estimate of drug-likeness (QED) is 0.677. The first kappa shape index (κ1) is 15.4. The van der Waals surface area contributed by atoms with Crippen LogP contribution in [0.4, 0.5) is 10.1 Å². The summed E-state index contributed by atoms with van der Waals surface area (Å²) < 4.78 is 23.5. The Balaban J connectivity index is 2.82. The van der Waals surface area contributed by atoms with Crippen molar-refractivity contribution < 1.29 is 13.9 Å². The minimum atomic E-state index is -0.400. The Bertz CT molecular complexity index is 432. The van der Waals surface area contributed by atoms with E-state index in [0.29, 0.717) is 31.0 Å². The van der Waals surface area contributed by atoms with E-state index in [0.717, 1.165) is 13.0 Å². The molecule has 0 spiro atoms. The Morgan fingerprint density at radius 1 is 1.16 bits per heavy atom. The highest BCUT2D eigenvalue weighted by Crippen LogP contribution is 2.18. The summed E-state index contributed by atoms with van der Waals surface area (Å²) in [6.07, 6.45) is 0.832. The maximum Gasteiger partial charge on any atom is 0.126 e. The van der Waals surface area contributed by atoms with Crippen LogP contribution in [0.1, 0.15) is 12.0 Å². The van der Waals surface area contributed by atoms with Gasteiger partial charge in [-0.25, -0.2) is 4.39 Å². The number of nitrogens with zero attached hydrogens (tertiary/aromatic N) is 2. The molecule has 0 saturated carbocycles. The second-order valence-electron chi connectivity index (χ2n) is 4.14. The Kier molecular flexibility index (Phi) is 6.86. The molecule has 4 nitrogen and oxygen atoms in total. The molecule has 0 aliphatic heterocycles. The van der Waals surface area contributed by atoms with Crippen LogP contribution < -0.4 is 4.90 Å². The number of rotatable bonds is 8. The molecule has 0 heterocycles. The van der Waals surface area contributed by atoms with E-state index in [4.69, 9.17) is 14.7 Å². The summed E-state index contributed by atoms with van der Waals surface area (Å²) in [5.74, 6) is -0.400.